The molecule has 0 unspecified atom stereocenters. The van der Waals surface area contributed by atoms with E-state index >= 15 is 0 Å². The summed E-state index contributed by atoms with van der Waals surface area (Å²) >= 11 is 0. The van der Waals surface area contributed by atoms with Crippen LogP contribution in [0.15, 0.2) is 48.8 Å². The fraction of sp³-hybridized carbons (Fsp3) is 0.364. The minimum atomic E-state index is -0.0762. The number of carbonyl (C=O) groups excluding carboxylic acids is 1. The molecule has 0 fully saturated rings. The van der Waals surface area contributed by atoms with Crippen LogP contribution < -0.4 is 4.74 Å². The molecule has 1 amide bonds. The van der Waals surface area contributed by atoms with Crippen molar-refractivity contribution < 1.29 is 19.0 Å². The van der Waals surface area contributed by atoms with Crippen molar-refractivity contribution in [2.24, 2.45) is 0 Å². The molecule has 0 aliphatic carbocycles. The number of ether oxygens (including phenoxy) is 3. The van der Waals surface area contributed by atoms with E-state index < -0.39 is 0 Å². The summed E-state index contributed by atoms with van der Waals surface area (Å²) in [6, 6.07) is 11.2. The molecule has 7 nitrogen and oxygen atoms in total. The molecule has 29 heavy (non-hydrogen) atoms. The number of hydrogen-bond acceptors (Lipinski definition) is 5. The number of pyridine rings is 1. The molecule has 0 aliphatic rings. The minimum absolute atomic E-state index is 0.0762. The van der Waals surface area contributed by atoms with Crippen LogP contribution in [0.4, 0.5) is 0 Å². The molecule has 0 saturated heterocycles. The predicted molar refractivity (Wildman–Crippen MR) is 110 cm³/mol. The SMILES string of the molecule is COCCN(CCOC)C(=O)c1cccc(OCc2cn3cc(C)ccc3n2)c1. The third kappa shape index (κ3) is 5.56. The maximum absolute atomic E-state index is 12.9. The summed E-state index contributed by atoms with van der Waals surface area (Å²) in [7, 11) is 3.24. The average molecular weight is 397 g/mol. The Balaban J connectivity index is 1.67. The predicted octanol–water partition coefficient (Wildman–Crippen LogP) is 2.96. The van der Waals surface area contributed by atoms with Gasteiger partial charge in [-0.15, -0.1) is 0 Å². The number of rotatable bonds is 10. The number of nitrogens with zero attached hydrogens (tertiary/aromatic N) is 3. The monoisotopic (exact) mass is 397 g/mol. The zero-order valence-corrected chi connectivity index (χ0v) is 17.1. The second-order valence-corrected chi connectivity index (χ2v) is 6.80. The highest BCUT2D eigenvalue weighted by atomic mass is 16.5. The third-order valence-corrected chi connectivity index (χ3v) is 4.53. The molecule has 7 heteroatoms. The Bertz CT molecular complexity index is 946. The van der Waals surface area contributed by atoms with E-state index in [9.17, 15) is 4.79 Å². The van der Waals surface area contributed by atoms with Crippen molar-refractivity contribution >= 4 is 11.6 Å². The highest BCUT2D eigenvalue weighted by Gasteiger charge is 2.16. The highest BCUT2D eigenvalue weighted by Crippen LogP contribution is 2.17. The van der Waals surface area contributed by atoms with Gasteiger partial charge < -0.3 is 23.5 Å². The van der Waals surface area contributed by atoms with Gasteiger partial charge in [0.1, 0.15) is 18.0 Å². The first-order chi connectivity index (χ1) is 14.1. The van der Waals surface area contributed by atoms with E-state index in [4.69, 9.17) is 14.2 Å². The Morgan fingerprint density at radius 3 is 2.55 bits per heavy atom. The van der Waals surface area contributed by atoms with E-state index in [-0.39, 0.29) is 5.91 Å². The van der Waals surface area contributed by atoms with E-state index in [1.165, 1.54) is 5.56 Å². The molecule has 1 aromatic carbocycles. The van der Waals surface area contributed by atoms with E-state index in [1.807, 2.05) is 48.0 Å². The van der Waals surface area contributed by atoms with Crippen molar-refractivity contribution in [3.8, 4) is 5.75 Å². The van der Waals surface area contributed by atoms with Gasteiger partial charge in [0.25, 0.3) is 5.91 Å². The van der Waals surface area contributed by atoms with Crippen LogP contribution in [-0.4, -0.2) is 60.7 Å². The number of imidazole rings is 1. The number of benzene rings is 1. The van der Waals surface area contributed by atoms with Crippen LogP contribution in [0, 0.1) is 6.92 Å². The number of aromatic nitrogens is 2. The Morgan fingerprint density at radius 2 is 1.83 bits per heavy atom. The second-order valence-electron chi connectivity index (χ2n) is 6.80. The van der Waals surface area contributed by atoms with E-state index in [0.717, 1.165) is 11.3 Å². The van der Waals surface area contributed by atoms with E-state index in [0.29, 0.717) is 44.2 Å². The summed E-state index contributed by atoms with van der Waals surface area (Å²) in [6.45, 7) is 4.32. The molecule has 3 rings (SSSR count). The van der Waals surface area contributed by atoms with Gasteiger partial charge in [-0.1, -0.05) is 12.1 Å². The zero-order chi connectivity index (χ0) is 20.6. The fourth-order valence-electron chi connectivity index (χ4n) is 3.00. The standard InChI is InChI=1S/C22H27N3O4/c1-17-7-8-21-23-19(15-25(21)14-17)16-29-20-6-4-5-18(13-20)22(26)24(9-11-27-2)10-12-28-3/h4-8,13-15H,9-12,16H2,1-3H3. The van der Waals surface area contributed by atoms with Crippen molar-refractivity contribution in [1.29, 1.82) is 0 Å². The van der Waals surface area contributed by atoms with Gasteiger partial charge in [-0.3, -0.25) is 4.79 Å². The van der Waals surface area contributed by atoms with Gasteiger partial charge in [0.05, 0.1) is 18.9 Å². The lowest BCUT2D eigenvalue weighted by Crippen LogP contribution is -2.36. The lowest BCUT2D eigenvalue weighted by Gasteiger charge is -2.22. The lowest BCUT2D eigenvalue weighted by molar-refractivity contribution is 0.0627. The number of aryl methyl sites for hydroxylation is 1. The molecular formula is C22H27N3O4. The second kappa shape index (κ2) is 10.0. The average Bonchev–Trinajstić information content (AvgIpc) is 3.14. The Hall–Kier alpha value is -2.90. The topological polar surface area (TPSA) is 65.3 Å². The van der Waals surface area contributed by atoms with Gasteiger partial charge in [0.2, 0.25) is 0 Å². The van der Waals surface area contributed by atoms with Crippen LogP contribution in [0.2, 0.25) is 0 Å². The lowest BCUT2D eigenvalue weighted by atomic mass is 10.2. The first-order valence-corrected chi connectivity index (χ1v) is 9.55. The Labute approximate surface area is 170 Å². The van der Waals surface area contributed by atoms with Gasteiger partial charge in [-0.05, 0) is 36.8 Å². The normalized spacial score (nSPS) is 11.0. The third-order valence-electron chi connectivity index (χ3n) is 4.53. The summed E-state index contributed by atoms with van der Waals surface area (Å²) in [4.78, 5) is 19.2. The Morgan fingerprint density at radius 1 is 1.07 bits per heavy atom. The minimum Gasteiger partial charge on any atom is -0.487 e. The molecule has 0 saturated carbocycles. The van der Waals surface area contributed by atoms with E-state index in [2.05, 4.69) is 4.98 Å². The smallest absolute Gasteiger partial charge is 0.254 e. The van der Waals surface area contributed by atoms with Crippen molar-refractivity contribution in [2.75, 3.05) is 40.5 Å². The summed E-state index contributed by atoms with van der Waals surface area (Å²) < 4.78 is 18.1. The number of carbonyl (C=O) groups is 1. The first-order valence-electron chi connectivity index (χ1n) is 9.55. The first kappa shape index (κ1) is 20.8. The van der Waals surface area contributed by atoms with Gasteiger partial charge >= 0.3 is 0 Å². The van der Waals surface area contributed by atoms with Crippen molar-refractivity contribution in [3.63, 3.8) is 0 Å². The number of methoxy groups -OCH3 is 2. The van der Waals surface area contributed by atoms with Gasteiger partial charge in [0, 0.05) is 45.3 Å². The van der Waals surface area contributed by atoms with Crippen LogP contribution in [0.5, 0.6) is 5.75 Å². The quantitative estimate of drug-likeness (QED) is 0.526. The number of amides is 1. The number of fused-ring (bicyclic) bond motifs is 1. The zero-order valence-electron chi connectivity index (χ0n) is 17.1. The Kier molecular flexibility index (Phi) is 7.21. The number of hydrogen-bond donors (Lipinski definition) is 0. The van der Waals surface area contributed by atoms with Crippen LogP contribution in [0.3, 0.4) is 0 Å². The van der Waals surface area contributed by atoms with Crippen molar-refractivity contribution in [2.45, 2.75) is 13.5 Å². The largest absolute Gasteiger partial charge is 0.487 e. The van der Waals surface area contributed by atoms with Crippen LogP contribution >= 0.6 is 0 Å². The van der Waals surface area contributed by atoms with Gasteiger partial charge in [0.15, 0.2) is 0 Å². The van der Waals surface area contributed by atoms with Gasteiger partial charge in [-0.25, -0.2) is 4.98 Å². The maximum atomic E-state index is 12.9. The molecule has 0 atom stereocenters. The molecular weight excluding hydrogens is 370 g/mol. The fourth-order valence-corrected chi connectivity index (χ4v) is 3.00. The van der Waals surface area contributed by atoms with Crippen molar-refractivity contribution in [1.82, 2.24) is 14.3 Å². The molecule has 0 N–H and O–H groups in total. The van der Waals surface area contributed by atoms with E-state index in [1.54, 1.807) is 31.3 Å². The molecule has 0 radical (unpaired) electrons. The molecule has 2 heterocycles. The molecule has 154 valence electrons. The maximum Gasteiger partial charge on any atom is 0.254 e. The van der Waals surface area contributed by atoms with Crippen LogP contribution in [0.25, 0.3) is 5.65 Å². The molecule has 2 aromatic heterocycles. The van der Waals surface area contributed by atoms with Crippen LogP contribution in [0.1, 0.15) is 21.6 Å². The summed E-state index contributed by atoms with van der Waals surface area (Å²) in [5, 5.41) is 0. The van der Waals surface area contributed by atoms with Gasteiger partial charge in [-0.2, -0.15) is 0 Å². The van der Waals surface area contributed by atoms with Crippen LogP contribution in [-0.2, 0) is 16.1 Å². The highest BCUT2D eigenvalue weighted by molar-refractivity contribution is 5.94. The summed E-state index contributed by atoms with van der Waals surface area (Å²) in [5.74, 6) is 0.551. The van der Waals surface area contributed by atoms with Crippen molar-refractivity contribution in [3.05, 3.63) is 65.6 Å². The molecule has 0 aliphatic heterocycles. The summed E-state index contributed by atoms with van der Waals surface area (Å²) in [5.41, 5.74) is 3.44. The molecule has 3 aromatic rings. The molecule has 0 bridgehead atoms. The summed E-state index contributed by atoms with van der Waals surface area (Å²) in [6.07, 6.45) is 3.98. The molecule has 0 spiro atoms.